The number of nitrogens with zero attached hydrogens (tertiary/aromatic N) is 1. The second kappa shape index (κ2) is 6.45. The zero-order valence-electron chi connectivity index (χ0n) is 10.5. The molecule has 0 spiro atoms. The van der Waals surface area contributed by atoms with Crippen molar-refractivity contribution in [2.45, 2.75) is 12.5 Å². The first-order chi connectivity index (χ1) is 8.85. The smallest absolute Gasteiger partial charge is 0.110 e. The van der Waals surface area contributed by atoms with Gasteiger partial charge in [0.05, 0.1) is 17.3 Å². The molecule has 1 atom stereocenters. The van der Waals surface area contributed by atoms with Gasteiger partial charge in [-0.15, -0.1) is 11.8 Å². The number of ether oxygens (including phenoxy) is 1. The van der Waals surface area contributed by atoms with Gasteiger partial charge in [0, 0.05) is 5.57 Å². The maximum atomic E-state index is 5.23. The predicted molar refractivity (Wildman–Crippen MR) is 79.9 cm³/mol. The second-order valence-electron chi connectivity index (χ2n) is 4.01. The van der Waals surface area contributed by atoms with Crippen molar-refractivity contribution in [2.24, 2.45) is 4.99 Å². The Morgan fingerprint density at radius 2 is 2.22 bits per heavy atom. The Balaban J connectivity index is 2.17. The van der Waals surface area contributed by atoms with E-state index in [0.29, 0.717) is 6.61 Å². The number of aliphatic imine (C=N–C) groups is 1. The van der Waals surface area contributed by atoms with Crippen LogP contribution in [0.3, 0.4) is 0 Å². The van der Waals surface area contributed by atoms with Crippen LogP contribution in [0.15, 0.2) is 54.2 Å². The lowest BCUT2D eigenvalue weighted by Gasteiger charge is -2.20. The first-order valence-corrected chi connectivity index (χ1v) is 7.18. The standard InChI is InChI=1S/C15H17NOS/c1-3-17-11-13-9-10-14(15(16-13)18-2)12-7-5-4-6-8-12/h3-8,10,13H,1,9,11H2,2H3. The van der Waals surface area contributed by atoms with E-state index in [2.05, 4.69) is 43.2 Å². The van der Waals surface area contributed by atoms with Gasteiger partial charge in [0.1, 0.15) is 6.61 Å². The predicted octanol–water partition coefficient (Wildman–Crippen LogP) is 3.76. The number of benzene rings is 1. The van der Waals surface area contributed by atoms with E-state index in [1.54, 1.807) is 11.8 Å². The molecule has 1 heterocycles. The maximum Gasteiger partial charge on any atom is 0.110 e. The number of rotatable bonds is 4. The molecular weight excluding hydrogens is 242 g/mol. The van der Waals surface area contributed by atoms with Crippen LogP contribution >= 0.6 is 11.8 Å². The molecule has 0 bridgehead atoms. The van der Waals surface area contributed by atoms with Crippen molar-refractivity contribution in [1.82, 2.24) is 0 Å². The number of hydrogen-bond acceptors (Lipinski definition) is 3. The van der Waals surface area contributed by atoms with Crippen LogP contribution in [0.4, 0.5) is 0 Å². The molecule has 0 fully saturated rings. The molecule has 0 aliphatic carbocycles. The van der Waals surface area contributed by atoms with Gasteiger partial charge in [-0.1, -0.05) is 43.0 Å². The Bertz CT molecular complexity index is 465. The van der Waals surface area contributed by atoms with E-state index in [-0.39, 0.29) is 6.04 Å². The Morgan fingerprint density at radius 3 is 2.89 bits per heavy atom. The maximum absolute atomic E-state index is 5.23. The Morgan fingerprint density at radius 1 is 1.44 bits per heavy atom. The molecule has 0 saturated carbocycles. The molecule has 94 valence electrons. The summed E-state index contributed by atoms with van der Waals surface area (Å²) >= 11 is 1.69. The van der Waals surface area contributed by atoms with Gasteiger partial charge in [0.15, 0.2) is 0 Å². The summed E-state index contributed by atoms with van der Waals surface area (Å²) in [7, 11) is 0. The number of thioether (sulfide) groups is 1. The highest BCUT2D eigenvalue weighted by molar-refractivity contribution is 8.14. The van der Waals surface area contributed by atoms with Crippen LogP contribution in [0.1, 0.15) is 12.0 Å². The fourth-order valence-corrected chi connectivity index (χ4v) is 2.61. The van der Waals surface area contributed by atoms with Crippen molar-refractivity contribution >= 4 is 22.4 Å². The zero-order valence-corrected chi connectivity index (χ0v) is 11.3. The molecule has 2 nitrogen and oxygen atoms in total. The molecule has 0 radical (unpaired) electrons. The van der Waals surface area contributed by atoms with E-state index in [1.165, 1.54) is 17.4 Å². The fourth-order valence-electron chi connectivity index (χ4n) is 1.94. The van der Waals surface area contributed by atoms with Gasteiger partial charge in [0.2, 0.25) is 0 Å². The van der Waals surface area contributed by atoms with Gasteiger partial charge in [-0.05, 0) is 18.2 Å². The molecule has 1 aliphatic rings. The summed E-state index contributed by atoms with van der Waals surface area (Å²) in [5.74, 6) is 0. The highest BCUT2D eigenvalue weighted by atomic mass is 32.2. The SMILES string of the molecule is C=COCC1CC=C(c2ccccc2)C(SC)=N1. The molecule has 18 heavy (non-hydrogen) atoms. The minimum atomic E-state index is 0.206. The van der Waals surface area contributed by atoms with E-state index in [9.17, 15) is 0 Å². The topological polar surface area (TPSA) is 21.6 Å². The molecule has 0 aromatic heterocycles. The fraction of sp³-hybridized carbons (Fsp3) is 0.267. The lowest BCUT2D eigenvalue weighted by Crippen LogP contribution is -2.17. The van der Waals surface area contributed by atoms with Gasteiger partial charge in [-0.2, -0.15) is 0 Å². The molecule has 2 rings (SSSR count). The van der Waals surface area contributed by atoms with Crippen molar-refractivity contribution in [3.05, 3.63) is 54.8 Å². The van der Waals surface area contributed by atoms with Gasteiger partial charge in [-0.25, -0.2) is 0 Å². The first kappa shape index (κ1) is 13.0. The van der Waals surface area contributed by atoms with Gasteiger partial charge in [0.25, 0.3) is 0 Å². The minimum absolute atomic E-state index is 0.206. The third-order valence-corrected chi connectivity index (χ3v) is 3.52. The second-order valence-corrected chi connectivity index (χ2v) is 4.81. The van der Waals surface area contributed by atoms with Crippen LogP contribution in [0.2, 0.25) is 0 Å². The molecule has 3 heteroatoms. The van der Waals surface area contributed by atoms with Crippen molar-refractivity contribution < 1.29 is 4.74 Å². The average molecular weight is 259 g/mol. The normalized spacial score (nSPS) is 18.8. The Kier molecular flexibility index (Phi) is 4.65. The van der Waals surface area contributed by atoms with Gasteiger partial charge >= 0.3 is 0 Å². The Labute approximate surface area is 112 Å². The molecule has 1 unspecified atom stereocenters. The van der Waals surface area contributed by atoms with E-state index >= 15 is 0 Å². The minimum Gasteiger partial charge on any atom is -0.500 e. The lowest BCUT2D eigenvalue weighted by atomic mass is 10.0. The van der Waals surface area contributed by atoms with Crippen LogP contribution in [-0.2, 0) is 4.74 Å². The summed E-state index contributed by atoms with van der Waals surface area (Å²) in [5, 5.41) is 1.09. The number of hydrogen-bond donors (Lipinski definition) is 0. The van der Waals surface area contributed by atoms with Crippen molar-refractivity contribution in [3.8, 4) is 0 Å². The van der Waals surface area contributed by atoms with Crippen LogP contribution in [-0.4, -0.2) is 23.9 Å². The van der Waals surface area contributed by atoms with E-state index in [1.807, 2.05) is 6.07 Å². The zero-order chi connectivity index (χ0) is 12.8. The third-order valence-electron chi connectivity index (χ3n) is 2.81. The molecule has 1 aromatic carbocycles. The third kappa shape index (κ3) is 3.05. The molecule has 1 aromatic rings. The summed E-state index contributed by atoms with van der Waals surface area (Å²) in [6, 6.07) is 10.6. The van der Waals surface area contributed by atoms with Gasteiger partial charge in [-0.3, -0.25) is 4.99 Å². The van der Waals surface area contributed by atoms with Crippen molar-refractivity contribution in [2.75, 3.05) is 12.9 Å². The average Bonchev–Trinajstić information content (AvgIpc) is 2.45. The van der Waals surface area contributed by atoms with Crippen LogP contribution < -0.4 is 0 Å². The lowest BCUT2D eigenvalue weighted by molar-refractivity contribution is 0.229. The monoisotopic (exact) mass is 259 g/mol. The van der Waals surface area contributed by atoms with E-state index in [4.69, 9.17) is 9.73 Å². The van der Waals surface area contributed by atoms with Crippen molar-refractivity contribution in [1.29, 1.82) is 0 Å². The highest BCUT2D eigenvalue weighted by Crippen LogP contribution is 2.27. The van der Waals surface area contributed by atoms with E-state index in [0.717, 1.165) is 11.5 Å². The van der Waals surface area contributed by atoms with Crippen LogP contribution in [0.25, 0.3) is 5.57 Å². The molecule has 0 saturated heterocycles. The molecule has 0 amide bonds. The van der Waals surface area contributed by atoms with Crippen molar-refractivity contribution in [3.63, 3.8) is 0 Å². The quantitative estimate of drug-likeness (QED) is 0.768. The van der Waals surface area contributed by atoms with E-state index < -0.39 is 0 Å². The molecule has 1 aliphatic heterocycles. The summed E-state index contributed by atoms with van der Waals surface area (Å²) in [6.07, 6.45) is 6.71. The van der Waals surface area contributed by atoms with Crippen LogP contribution in [0.5, 0.6) is 0 Å². The first-order valence-electron chi connectivity index (χ1n) is 5.95. The summed E-state index contributed by atoms with van der Waals surface area (Å²) < 4.78 is 5.23. The number of dihydropyridines is 1. The van der Waals surface area contributed by atoms with Gasteiger partial charge < -0.3 is 4.74 Å². The summed E-state index contributed by atoms with van der Waals surface area (Å²) in [6.45, 7) is 4.16. The molecule has 0 N–H and O–H groups in total. The Hall–Kier alpha value is -1.48. The summed E-state index contributed by atoms with van der Waals surface area (Å²) in [5.41, 5.74) is 2.46. The molecular formula is C15H17NOS. The largest absolute Gasteiger partial charge is 0.500 e. The van der Waals surface area contributed by atoms with Crippen LogP contribution in [0, 0.1) is 0 Å². The summed E-state index contributed by atoms with van der Waals surface area (Å²) in [4.78, 5) is 4.73. The highest BCUT2D eigenvalue weighted by Gasteiger charge is 2.17.